The number of benzene rings is 2. The van der Waals surface area contributed by atoms with Crippen LogP contribution in [0.25, 0.3) is 22.2 Å². The molecule has 0 saturated heterocycles. The molecule has 0 aliphatic heterocycles. The number of aromatic amines is 1. The molecule has 0 aliphatic carbocycles. The average Bonchev–Trinajstić information content (AvgIpc) is 2.97. The van der Waals surface area contributed by atoms with E-state index in [1.807, 2.05) is 18.2 Å². The van der Waals surface area contributed by atoms with Crippen molar-refractivity contribution in [1.29, 1.82) is 0 Å². The average molecular weight is 298 g/mol. The third-order valence-corrected chi connectivity index (χ3v) is 3.49. The Kier molecular flexibility index (Phi) is 3.42. The van der Waals surface area contributed by atoms with Gasteiger partial charge < -0.3 is 14.6 Å². The Bertz CT molecular complexity index is 854. The number of nitrogens with one attached hydrogen (secondary N) is 1. The summed E-state index contributed by atoms with van der Waals surface area (Å²) in [6.07, 6.45) is 0. The Labute approximate surface area is 126 Å². The number of carboxylic acid groups (broad SMARTS) is 1. The van der Waals surface area contributed by atoms with E-state index in [9.17, 15) is 9.90 Å². The lowest BCUT2D eigenvalue weighted by atomic mass is 10.0. The Morgan fingerprint density at radius 1 is 1.14 bits per heavy atom. The van der Waals surface area contributed by atoms with Crippen LogP contribution in [-0.4, -0.2) is 35.5 Å². The van der Waals surface area contributed by atoms with Crippen molar-refractivity contribution in [2.24, 2.45) is 0 Å². The lowest BCUT2D eigenvalue weighted by Crippen LogP contribution is -1.96. The summed E-state index contributed by atoms with van der Waals surface area (Å²) in [4.78, 5) is 11.3. The highest BCUT2D eigenvalue weighted by atomic mass is 16.5. The van der Waals surface area contributed by atoms with E-state index in [0.29, 0.717) is 22.7 Å². The molecule has 2 aromatic carbocycles. The van der Waals surface area contributed by atoms with Gasteiger partial charge in [-0.15, -0.1) is 0 Å². The second-order valence-corrected chi connectivity index (χ2v) is 4.68. The molecule has 6 heteroatoms. The van der Waals surface area contributed by atoms with Crippen LogP contribution in [0.2, 0.25) is 0 Å². The number of para-hydroxylation sites is 1. The smallest absolute Gasteiger partial charge is 0.337 e. The van der Waals surface area contributed by atoms with Crippen LogP contribution in [0.4, 0.5) is 0 Å². The molecule has 112 valence electrons. The third-order valence-electron chi connectivity index (χ3n) is 3.49. The van der Waals surface area contributed by atoms with E-state index < -0.39 is 5.97 Å². The minimum atomic E-state index is -0.992. The van der Waals surface area contributed by atoms with Crippen LogP contribution in [0.1, 0.15) is 10.4 Å². The SMILES string of the molecule is COc1ccc(-c2n[nH]c3c(C(=O)O)cccc23)cc1OC. The lowest BCUT2D eigenvalue weighted by molar-refractivity contribution is 0.0699. The number of rotatable bonds is 4. The zero-order chi connectivity index (χ0) is 15.7. The van der Waals surface area contributed by atoms with Crippen molar-refractivity contribution in [3.05, 3.63) is 42.0 Å². The molecular weight excluding hydrogens is 284 g/mol. The lowest BCUT2D eigenvalue weighted by Gasteiger charge is -2.08. The van der Waals surface area contributed by atoms with Crippen molar-refractivity contribution in [3.63, 3.8) is 0 Å². The van der Waals surface area contributed by atoms with Crippen LogP contribution in [0.15, 0.2) is 36.4 Å². The fourth-order valence-electron chi connectivity index (χ4n) is 2.42. The fourth-order valence-corrected chi connectivity index (χ4v) is 2.42. The van der Waals surface area contributed by atoms with E-state index >= 15 is 0 Å². The van der Waals surface area contributed by atoms with Crippen LogP contribution in [-0.2, 0) is 0 Å². The van der Waals surface area contributed by atoms with Crippen LogP contribution >= 0.6 is 0 Å². The number of aromatic nitrogens is 2. The third kappa shape index (κ3) is 2.14. The Morgan fingerprint density at radius 2 is 1.91 bits per heavy atom. The van der Waals surface area contributed by atoms with Crippen LogP contribution in [0, 0.1) is 0 Å². The van der Waals surface area contributed by atoms with E-state index in [1.165, 1.54) is 0 Å². The van der Waals surface area contributed by atoms with E-state index in [2.05, 4.69) is 10.2 Å². The van der Waals surface area contributed by atoms with Crippen molar-refractivity contribution in [2.45, 2.75) is 0 Å². The van der Waals surface area contributed by atoms with E-state index in [4.69, 9.17) is 9.47 Å². The molecule has 0 bridgehead atoms. The summed E-state index contributed by atoms with van der Waals surface area (Å²) in [5.74, 6) is 0.218. The molecule has 6 nitrogen and oxygen atoms in total. The molecular formula is C16H14N2O4. The monoisotopic (exact) mass is 298 g/mol. The standard InChI is InChI=1S/C16H14N2O4/c1-21-12-7-6-9(8-13(12)22-2)14-10-4-3-5-11(16(19)20)15(10)18-17-14/h3-8H,1-2H3,(H,17,18)(H,19,20). The number of aromatic carboxylic acids is 1. The largest absolute Gasteiger partial charge is 0.493 e. The molecule has 1 aromatic heterocycles. The summed E-state index contributed by atoms with van der Waals surface area (Å²) < 4.78 is 10.5. The first-order chi connectivity index (χ1) is 10.7. The molecule has 0 atom stereocenters. The first kappa shape index (κ1) is 13.9. The molecule has 0 unspecified atom stereocenters. The van der Waals surface area contributed by atoms with Gasteiger partial charge in [0.05, 0.1) is 25.3 Å². The van der Waals surface area contributed by atoms with Gasteiger partial charge in [-0.3, -0.25) is 5.10 Å². The minimum Gasteiger partial charge on any atom is -0.493 e. The Balaban J connectivity index is 2.19. The quantitative estimate of drug-likeness (QED) is 0.773. The summed E-state index contributed by atoms with van der Waals surface area (Å²) in [6.45, 7) is 0. The predicted molar refractivity (Wildman–Crippen MR) is 81.6 cm³/mol. The van der Waals surface area contributed by atoms with E-state index in [0.717, 1.165) is 10.9 Å². The van der Waals surface area contributed by atoms with Gasteiger partial charge in [-0.1, -0.05) is 12.1 Å². The number of H-pyrrole nitrogens is 1. The number of carbonyl (C=O) groups is 1. The van der Waals surface area contributed by atoms with Gasteiger partial charge in [0, 0.05) is 10.9 Å². The molecule has 3 aromatic rings. The normalized spacial score (nSPS) is 10.6. The number of hydrogen-bond acceptors (Lipinski definition) is 4. The molecule has 22 heavy (non-hydrogen) atoms. The fraction of sp³-hybridized carbons (Fsp3) is 0.125. The second kappa shape index (κ2) is 5.40. The number of methoxy groups -OCH3 is 2. The number of nitrogens with zero attached hydrogens (tertiary/aromatic N) is 1. The number of hydrogen-bond donors (Lipinski definition) is 2. The van der Waals surface area contributed by atoms with Gasteiger partial charge in [0.15, 0.2) is 11.5 Å². The molecule has 3 rings (SSSR count). The summed E-state index contributed by atoms with van der Waals surface area (Å²) in [5, 5.41) is 17.0. The van der Waals surface area contributed by atoms with Gasteiger partial charge in [-0.2, -0.15) is 5.10 Å². The maximum Gasteiger partial charge on any atom is 0.337 e. The van der Waals surface area contributed by atoms with Crippen molar-refractivity contribution >= 4 is 16.9 Å². The van der Waals surface area contributed by atoms with Crippen molar-refractivity contribution < 1.29 is 19.4 Å². The van der Waals surface area contributed by atoms with E-state index in [-0.39, 0.29) is 5.56 Å². The molecule has 1 heterocycles. The van der Waals surface area contributed by atoms with Crippen LogP contribution < -0.4 is 9.47 Å². The maximum absolute atomic E-state index is 11.3. The second-order valence-electron chi connectivity index (χ2n) is 4.68. The highest BCUT2D eigenvalue weighted by Gasteiger charge is 2.15. The Morgan fingerprint density at radius 3 is 2.59 bits per heavy atom. The van der Waals surface area contributed by atoms with Crippen LogP contribution in [0.5, 0.6) is 11.5 Å². The summed E-state index contributed by atoms with van der Waals surface area (Å²) in [5.41, 5.74) is 2.17. The first-order valence-corrected chi connectivity index (χ1v) is 6.58. The molecule has 2 N–H and O–H groups in total. The van der Waals surface area contributed by atoms with Gasteiger partial charge in [0.2, 0.25) is 0 Å². The molecule has 0 spiro atoms. The van der Waals surface area contributed by atoms with Crippen molar-refractivity contribution in [2.75, 3.05) is 14.2 Å². The topological polar surface area (TPSA) is 84.4 Å². The zero-order valence-electron chi connectivity index (χ0n) is 12.1. The van der Waals surface area contributed by atoms with Crippen molar-refractivity contribution in [3.8, 4) is 22.8 Å². The first-order valence-electron chi connectivity index (χ1n) is 6.58. The Hall–Kier alpha value is -3.02. The molecule has 0 saturated carbocycles. The van der Waals surface area contributed by atoms with Gasteiger partial charge in [-0.05, 0) is 24.3 Å². The minimum absolute atomic E-state index is 0.191. The molecule has 0 fully saturated rings. The van der Waals surface area contributed by atoms with Gasteiger partial charge >= 0.3 is 5.97 Å². The predicted octanol–water partition coefficient (Wildman–Crippen LogP) is 2.95. The van der Waals surface area contributed by atoms with Gasteiger partial charge in [-0.25, -0.2) is 4.79 Å². The van der Waals surface area contributed by atoms with Crippen molar-refractivity contribution in [1.82, 2.24) is 10.2 Å². The maximum atomic E-state index is 11.3. The molecule has 0 radical (unpaired) electrons. The van der Waals surface area contributed by atoms with Crippen LogP contribution in [0.3, 0.4) is 0 Å². The number of ether oxygens (including phenoxy) is 2. The molecule has 0 aliphatic rings. The van der Waals surface area contributed by atoms with Gasteiger partial charge in [0.1, 0.15) is 5.69 Å². The highest BCUT2D eigenvalue weighted by molar-refractivity contribution is 6.05. The zero-order valence-corrected chi connectivity index (χ0v) is 12.1. The van der Waals surface area contributed by atoms with E-state index in [1.54, 1.807) is 32.4 Å². The number of carboxylic acids is 1. The highest BCUT2D eigenvalue weighted by Crippen LogP contribution is 2.34. The number of fused-ring (bicyclic) bond motifs is 1. The summed E-state index contributed by atoms with van der Waals surface area (Å²) >= 11 is 0. The summed E-state index contributed by atoms with van der Waals surface area (Å²) in [7, 11) is 3.13. The summed E-state index contributed by atoms with van der Waals surface area (Å²) in [6, 6.07) is 10.5. The van der Waals surface area contributed by atoms with Gasteiger partial charge in [0.25, 0.3) is 0 Å². The molecule has 0 amide bonds.